The highest BCUT2D eigenvalue weighted by Crippen LogP contribution is 2.34. The highest BCUT2D eigenvalue weighted by atomic mass is 16.4. The van der Waals surface area contributed by atoms with Gasteiger partial charge in [-0.25, -0.2) is 0 Å². The molecule has 3 nitrogen and oxygen atoms in total. The second-order valence-corrected chi connectivity index (χ2v) is 5.04. The SMILES string of the molecule is Cc1ccc(N(C)C2CC(C(=O)O)C2)cc1C. The zero-order valence-corrected chi connectivity index (χ0v) is 10.6. The number of carboxylic acid groups (broad SMARTS) is 1. The van der Waals surface area contributed by atoms with Crippen LogP contribution in [0.5, 0.6) is 0 Å². The highest BCUT2D eigenvalue weighted by Gasteiger charge is 2.36. The van der Waals surface area contributed by atoms with Gasteiger partial charge in [0.1, 0.15) is 0 Å². The molecule has 0 bridgehead atoms. The van der Waals surface area contributed by atoms with Crippen molar-refractivity contribution in [2.75, 3.05) is 11.9 Å². The zero-order valence-electron chi connectivity index (χ0n) is 10.6. The minimum Gasteiger partial charge on any atom is -0.481 e. The smallest absolute Gasteiger partial charge is 0.306 e. The topological polar surface area (TPSA) is 40.5 Å². The lowest BCUT2D eigenvalue weighted by Crippen LogP contribution is -2.45. The van der Waals surface area contributed by atoms with E-state index in [0.717, 1.165) is 12.8 Å². The van der Waals surface area contributed by atoms with E-state index in [2.05, 4.69) is 36.9 Å². The van der Waals surface area contributed by atoms with Gasteiger partial charge in [-0.2, -0.15) is 0 Å². The largest absolute Gasteiger partial charge is 0.481 e. The van der Waals surface area contributed by atoms with Crippen molar-refractivity contribution in [3.63, 3.8) is 0 Å². The van der Waals surface area contributed by atoms with Crippen molar-refractivity contribution in [3.05, 3.63) is 29.3 Å². The minimum atomic E-state index is -0.658. The normalized spacial score (nSPS) is 23.0. The van der Waals surface area contributed by atoms with Gasteiger partial charge in [-0.15, -0.1) is 0 Å². The molecule has 92 valence electrons. The van der Waals surface area contributed by atoms with Crippen molar-refractivity contribution in [2.45, 2.75) is 32.7 Å². The Bertz CT molecular complexity index is 436. The van der Waals surface area contributed by atoms with Crippen LogP contribution in [0.15, 0.2) is 18.2 Å². The summed E-state index contributed by atoms with van der Waals surface area (Å²) >= 11 is 0. The first-order valence-electron chi connectivity index (χ1n) is 6.02. The molecule has 0 spiro atoms. The fraction of sp³-hybridized carbons (Fsp3) is 0.500. The molecule has 1 aliphatic rings. The van der Waals surface area contributed by atoms with Gasteiger partial charge in [-0.05, 0) is 49.9 Å². The van der Waals surface area contributed by atoms with Gasteiger partial charge in [0.25, 0.3) is 0 Å². The summed E-state index contributed by atoms with van der Waals surface area (Å²) in [5, 5.41) is 8.87. The number of hydrogen-bond donors (Lipinski definition) is 1. The van der Waals surface area contributed by atoms with E-state index < -0.39 is 5.97 Å². The van der Waals surface area contributed by atoms with Crippen molar-refractivity contribution >= 4 is 11.7 Å². The maximum atomic E-state index is 10.8. The van der Waals surface area contributed by atoms with Gasteiger partial charge in [-0.1, -0.05) is 6.07 Å². The molecule has 0 saturated heterocycles. The first kappa shape index (κ1) is 12.0. The monoisotopic (exact) mass is 233 g/mol. The summed E-state index contributed by atoms with van der Waals surface area (Å²) < 4.78 is 0. The van der Waals surface area contributed by atoms with Crippen LogP contribution in [0.4, 0.5) is 5.69 Å². The molecule has 0 aliphatic heterocycles. The summed E-state index contributed by atoms with van der Waals surface area (Å²) in [7, 11) is 2.05. The average molecular weight is 233 g/mol. The van der Waals surface area contributed by atoms with E-state index in [-0.39, 0.29) is 5.92 Å². The fourth-order valence-corrected chi connectivity index (χ4v) is 2.26. The summed E-state index contributed by atoms with van der Waals surface area (Å²) in [4.78, 5) is 13.0. The van der Waals surface area contributed by atoms with E-state index in [1.165, 1.54) is 16.8 Å². The lowest BCUT2D eigenvalue weighted by molar-refractivity contribution is -0.145. The molecule has 1 N–H and O–H groups in total. The third kappa shape index (κ3) is 2.28. The Morgan fingerprint density at radius 1 is 1.29 bits per heavy atom. The van der Waals surface area contributed by atoms with Crippen LogP contribution in [0, 0.1) is 19.8 Å². The van der Waals surface area contributed by atoms with Crippen molar-refractivity contribution in [1.82, 2.24) is 0 Å². The van der Waals surface area contributed by atoms with Gasteiger partial charge in [-0.3, -0.25) is 4.79 Å². The van der Waals surface area contributed by atoms with Crippen LogP contribution in [0.2, 0.25) is 0 Å². The predicted octanol–water partition coefficient (Wildman–Crippen LogP) is 2.60. The van der Waals surface area contributed by atoms with Gasteiger partial charge in [0.15, 0.2) is 0 Å². The predicted molar refractivity (Wildman–Crippen MR) is 68.5 cm³/mol. The van der Waals surface area contributed by atoms with Crippen LogP contribution < -0.4 is 4.90 Å². The van der Waals surface area contributed by atoms with Crippen LogP contribution in [0.3, 0.4) is 0 Å². The summed E-state index contributed by atoms with van der Waals surface area (Å²) in [6.07, 6.45) is 1.53. The number of aryl methyl sites for hydroxylation is 2. The molecule has 0 unspecified atom stereocenters. The van der Waals surface area contributed by atoms with Gasteiger partial charge >= 0.3 is 5.97 Å². The van der Waals surface area contributed by atoms with Crippen molar-refractivity contribution < 1.29 is 9.90 Å². The molecule has 0 amide bonds. The van der Waals surface area contributed by atoms with Gasteiger partial charge in [0.05, 0.1) is 5.92 Å². The number of aliphatic carboxylic acids is 1. The van der Waals surface area contributed by atoms with Crippen molar-refractivity contribution in [2.24, 2.45) is 5.92 Å². The number of hydrogen-bond acceptors (Lipinski definition) is 2. The Kier molecular flexibility index (Phi) is 3.09. The Hall–Kier alpha value is -1.51. The molecule has 0 radical (unpaired) electrons. The standard InChI is InChI=1S/C14H19NO2/c1-9-4-5-12(6-10(9)2)15(3)13-7-11(8-13)14(16)17/h4-6,11,13H,7-8H2,1-3H3,(H,16,17). The van der Waals surface area contributed by atoms with Crippen LogP contribution in [-0.2, 0) is 4.79 Å². The number of benzene rings is 1. The lowest BCUT2D eigenvalue weighted by Gasteiger charge is -2.40. The molecule has 1 aromatic carbocycles. The number of nitrogens with zero attached hydrogens (tertiary/aromatic N) is 1. The van der Waals surface area contributed by atoms with Crippen molar-refractivity contribution in [3.8, 4) is 0 Å². The lowest BCUT2D eigenvalue weighted by atomic mass is 9.79. The Morgan fingerprint density at radius 2 is 1.94 bits per heavy atom. The maximum absolute atomic E-state index is 10.8. The van der Waals surface area contributed by atoms with Crippen molar-refractivity contribution in [1.29, 1.82) is 0 Å². The van der Waals surface area contributed by atoms with Crippen LogP contribution in [-0.4, -0.2) is 24.2 Å². The molecule has 1 saturated carbocycles. The van der Waals surface area contributed by atoms with E-state index in [4.69, 9.17) is 5.11 Å². The van der Waals surface area contributed by atoms with E-state index in [1.54, 1.807) is 0 Å². The molecule has 1 aromatic rings. The molecular formula is C14H19NO2. The number of carboxylic acids is 1. The van der Waals surface area contributed by atoms with E-state index in [9.17, 15) is 4.79 Å². The second kappa shape index (κ2) is 4.40. The quantitative estimate of drug-likeness (QED) is 0.872. The third-order valence-corrected chi connectivity index (χ3v) is 3.91. The highest BCUT2D eigenvalue weighted by molar-refractivity contribution is 5.71. The van der Waals surface area contributed by atoms with E-state index >= 15 is 0 Å². The van der Waals surface area contributed by atoms with Crippen LogP contribution in [0.1, 0.15) is 24.0 Å². The van der Waals surface area contributed by atoms with E-state index in [1.807, 2.05) is 7.05 Å². The molecular weight excluding hydrogens is 214 g/mol. The van der Waals surface area contributed by atoms with Gasteiger partial charge in [0, 0.05) is 18.8 Å². The zero-order chi connectivity index (χ0) is 12.6. The first-order valence-corrected chi connectivity index (χ1v) is 6.02. The second-order valence-electron chi connectivity index (χ2n) is 5.04. The number of carbonyl (C=O) groups is 1. The molecule has 0 aromatic heterocycles. The molecule has 17 heavy (non-hydrogen) atoms. The fourth-order valence-electron chi connectivity index (χ4n) is 2.26. The maximum Gasteiger partial charge on any atom is 0.306 e. The summed E-state index contributed by atoms with van der Waals surface area (Å²) in [5.41, 5.74) is 3.75. The Balaban J connectivity index is 2.03. The third-order valence-electron chi connectivity index (χ3n) is 3.91. The first-order chi connectivity index (χ1) is 7.99. The molecule has 1 fully saturated rings. The Morgan fingerprint density at radius 3 is 2.47 bits per heavy atom. The minimum absolute atomic E-state index is 0.144. The van der Waals surface area contributed by atoms with E-state index in [0.29, 0.717) is 6.04 Å². The summed E-state index contributed by atoms with van der Waals surface area (Å²) in [5.74, 6) is -0.802. The van der Waals surface area contributed by atoms with Gasteiger partial charge in [0.2, 0.25) is 0 Å². The molecule has 0 atom stereocenters. The number of rotatable bonds is 3. The summed E-state index contributed by atoms with van der Waals surface area (Å²) in [6, 6.07) is 6.77. The average Bonchev–Trinajstić information content (AvgIpc) is 2.19. The van der Waals surface area contributed by atoms with Gasteiger partial charge < -0.3 is 10.0 Å². The Labute approximate surface area is 102 Å². The molecule has 3 heteroatoms. The molecule has 2 rings (SSSR count). The summed E-state index contributed by atoms with van der Waals surface area (Å²) in [6.45, 7) is 4.20. The molecule has 1 aliphatic carbocycles. The van der Waals surface area contributed by atoms with Crippen LogP contribution in [0.25, 0.3) is 0 Å². The van der Waals surface area contributed by atoms with Crippen LogP contribution >= 0.6 is 0 Å². The molecule has 0 heterocycles. The number of anilines is 1.